The molecule has 1 aromatic carbocycles. The first-order chi connectivity index (χ1) is 9.61. The Morgan fingerprint density at radius 2 is 2.35 bits per heavy atom. The van der Waals surface area contributed by atoms with E-state index in [-0.39, 0.29) is 22.3 Å². The van der Waals surface area contributed by atoms with Crippen LogP contribution in [0.4, 0.5) is 9.52 Å². The molecule has 2 rings (SSSR count). The van der Waals surface area contributed by atoms with Gasteiger partial charge in [0.25, 0.3) is 5.91 Å². The van der Waals surface area contributed by atoms with Gasteiger partial charge in [0.2, 0.25) is 0 Å². The van der Waals surface area contributed by atoms with Gasteiger partial charge in [0.05, 0.1) is 21.7 Å². The topological polar surface area (TPSA) is 62.2 Å². The van der Waals surface area contributed by atoms with Crippen molar-refractivity contribution < 1.29 is 14.3 Å². The maximum absolute atomic E-state index is 13.6. The van der Waals surface area contributed by atoms with E-state index in [1.54, 1.807) is 0 Å². The van der Waals surface area contributed by atoms with Gasteiger partial charge in [-0.2, -0.15) is 0 Å². The fraction of sp³-hybridized carbons (Fsp3) is 0.0769. The van der Waals surface area contributed by atoms with Gasteiger partial charge in [0, 0.05) is 0 Å². The van der Waals surface area contributed by atoms with Crippen molar-refractivity contribution in [3.8, 4) is 11.8 Å². The maximum Gasteiger partial charge on any atom is 0.261 e. The van der Waals surface area contributed by atoms with Crippen LogP contribution in [0.15, 0.2) is 24.4 Å². The van der Waals surface area contributed by atoms with E-state index in [0.717, 1.165) is 17.4 Å². The standard InChI is InChI=1S/C13H8ClFN2O2S/c14-9-4-1-5-10(15)11(9)12(19)17-13-16-7-8(20-13)3-2-6-18/h1,4-5,7,18H,6H2,(H,16,17,19). The number of carbonyl (C=O) groups is 1. The Morgan fingerprint density at radius 1 is 1.55 bits per heavy atom. The average Bonchev–Trinajstić information content (AvgIpc) is 2.83. The van der Waals surface area contributed by atoms with Gasteiger partial charge in [0.1, 0.15) is 12.4 Å². The molecule has 7 heteroatoms. The summed E-state index contributed by atoms with van der Waals surface area (Å²) < 4.78 is 13.6. The molecule has 0 spiro atoms. The highest BCUT2D eigenvalue weighted by Crippen LogP contribution is 2.22. The molecule has 0 radical (unpaired) electrons. The number of amides is 1. The molecule has 0 aliphatic rings. The predicted molar refractivity (Wildman–Crippen MR) is 75.4 cm³/mol. The molecular formula is C13H8ClFN2O2S. The molecule has 0 bridgehead atoms. The lowest BCUT2D eigenvalue weighted by Gasteiger charge is -2.04. The number of carbonyl (C=O) groups excluding carboxylic acids is 1. The van der Waals surface area contributed by atoms with Gasteiger partial charge in [-0.1, -0.05) is 40.8 Å². The van der Waals surface area contributed by atoms with Crippen molar-refractivity contribution in [2.75, 3.05) is 11.9 Å². The summed E-state index contributed by atoms with van der Waals surface area (Å²) in [6, 6.07) is 4.00. The van der Waals surface area contributed by atoms with Gasteiger partial charge in [-0.3, -0.25) is 10.1 Å². The summed E-state index contributed by atoms with van der Waals surface area (Å²) in [7, 11) is 0. The van der Waals surface area contributed by atoms with E-state index in [2.05, 4.69) is 22.1 Å². The molecule has 0 unspecified atom stereocenters. The van der Waals surface area contributed by atoms with E-state index in [9.17, 15) is 9.18 Å². The lowest BCUT2D eigenvalue weighted by molar-refractivity contribution is 0.102. The Labute approximate surface area is 123 Å². The lowest BCUT2D eigenvalue weighted by atomic mass is 10.2. The number of nitrogens with zero attached hydrogens (tertiary/aromatic N) is 1. The van der Waals surface area contributed by atoms with Gasteiger partial charge in [0.15, 0.2) is 5.13 Å². The predicted octanol–water partition coefficient (Wildman–Crippen LogP) is 2.53. The summed E-state index contributed by atoms with van der Waals surface area (Å²) in [5.41, 5.74) is -0.229. The van der Waals surface area contributed by atoms with Crippen LogP contribution in [0.1, 0.15) is 15.2 Å². The molecule has 2 N–H and O–H groups in total. The number of thiazole rings is 1. The zero-order chi connectivity index (χ0) is 14.5. The smallest absolute Gasteiger partial charge is 0.261 e. The van der Waals surface area contributed by atoms with E-state index < -0.39 is 11.7 Å². The van der Waals surface area contributed by atoms with E-state index in [0.29, 0.717) is 4.88 Å². The molecule has 0 aliphatic carbocycles. The summed E-state index contributed by atoms with van der Waals surface area (Å²) in [5.74, 6) is 3.74. The number of rotatable bonds is 2. The van der Waals surface area contributed by atoms with E-state index in [1.165, 1.54) is 18.3 Å². The monoisotopic (exact) mass is 310 g/mol. The van der Waals surface area contributed by atoms with Crippen molar-refractivity contribution in [2.24, 2.45) is 0 Å². The number of aromatic nitrogens is 1. The minimum absolute atomic E-state index is 0.0272. The molecule has 1 aromatic heterocycles. The highest BCUT2D eigenvalue weighted by Gasteiger charge is 2.16. The third-order valence-corrected chi connectivity index (χ3v) is 3.35. The third-order valence-electron chi connectivity index (χ3n) is 2.21. The Morgan fingerprint density at radius 3 is 3.05 bits per heavy atom. The molecule has 0 aliphatic heterocycles. The van der Waals surface area contributed by atoms with Crippen molar-refractivity contribution in [3.05, 3.63) is 45.7 Å². The third kappa shape index (κ3) is 3.33. The second kappa shape index (κ2) is 6.48. The molecule has 1 heterocycles. The van der Waals surface area contributed by atoms with E-state index in [4.69, 9.17) is 16.7 Å². The number of aliphatic hydroxyl groups excluding tert-OH is 1. The Bertz CT molecular complexity index is 686. The normalized spacial score (nSPS) is 9.75. The van der Waals surface area contributed by atoms with Crippen molar-refractivity contribution in [3.63, 3.8) is 0 Å². The van der Waals surface area contributed by atoms with Crippen molar-refractivity contribution in [1.82, 2.24) is 4.98 Å². The Kier molecular flexibility index (Phi) is 4.69. The number of anilines is 1. The highest BCUT2D eigenvalue weighted by molar-refractivity contribution is 7.16. The van der Waals surface area contributed by atoms with Crippen LogP contribution in [-0.2, 0) is 0 Å². The maximum atomic E-state index is 13.6. The van der Waals surface area contributed by atoms with Crippen LogP contribution in [0.25, 0.3) is 0 Å². The largest absolute Gasteiger partial charge is 0.384 e. The molecule has 2 aromatic rings. The van der Waals surface area contributed by atoms with Gasteiger partial charge >= 0.3 is 0 Å². The van der Waals surface area contributed by atoms with E-state index in [1.807, 2.05) is 0 Å². The van der Waals surface area contributed by atoms with Crippen molar-refractivity contribution >= 4 is 34.0 Å². The van der Waals surface area contributed by atoms with Gasteiger partial charge in [-0.05, 0) is 12.1 Å². The number of benzene rings is 1. The molecule has 4 nitrogen and oxygen atoms in total. The van der Waals surface area contributed by atoms with Gasteiger partial charge in [-0.15, -0.1) is 0 Å². The van der Waals surface area contributed by atoms with Crippen LogP contribution in [0.2, 0.25) is 5.02 Å². The lowest BCUT2D eigenvalue weighted by Crippen LogP contribution is -2.14. The molecule has 0 saturated heterocycles. The summed E-state index contributed by atoms with van der Waals surface area (Å²) in [4.78, 5) is 16.4. The van der Waals surface area contributed by atoms with Crippen LogP contribution < -0.4 is 5.32 Å². The molecule has 1 amide bonds. The highest BCUT2D eigenvalue weighted by atomic mass is 35.5. The minimum atomic E-state index is -0.702. The van der Waals surface area contributed by atoms with Crippen LogP contribution in [-0.4, -0.2) is 22.6 Å². The minimum Gasteiger partial charge on any atom is -0.384 e. The first kappa shape index (κ1) is 14.5. The zero-order valence-corrected chi connectivity index (χ0v) is 11.6. The van der Waals surface area contributed by atoms with Crippen LogP contribution in [0.5, 0.6) is 0 Å². The fourth-order valence-electron chi connectivity index (χ4n) is 1.39. The molecule has 20 heavy (non-hydrogen) atoms. The number of nitrogens with one attached hydrogen (secondary N) is 1. The summed E-state index contributed by atoms with van der Waals surface area (Å²) in [6.45, 7) is -0.259. The average molecular weight is 311 g/mol. The quantitative estimate of drug-likeness (QED) is 0.838. The Balaban J connectivity index is 2.18. The summed E-state index contributed by atoms with van der Waals surface area (Å²) >= 11 is 6.91. The number of hydrogen-bond acceptors (Lipinski definition) is 4. The SMILES string of the molecule is O=C(Nc1ncc(C#CCO)s1)c1c(F)cccc1Cl. The summed E-state index contributed by atoms with van der Waals surface area (Å²) in [6.07, 6.45) is 1.45. The summed E-state index contributed by atoms with van der Waals surface area (Å²) in [5, 5.41) is 11.3. The first-order valence-electron chi connectivity index (χ1n) is 5.42. The molecule has 0 fully saturated rings. The number of aliphatic hydroxyl groups is 1. The van der Waals surface area contributed by atoms with E-state index >= 15 is 0 Å². The number of hydrogen-bond donors (Lipinski definition) is 2. The van der Waals surface area contributed by atoms with Crippen LogP contribution in [0.3, 0.4) is 0 Å². The Hall–Kier alpha value is -1.94. The molecular weight excluding hydrogens is 303 g/mol. The van der Waals surface area contributed by atoms with Crippen molar-refractivity contribution in [1.29, 1.82) is 0 Å². The second-order valence-electron chi connectivity index (χ2n) is 3.54. The van der Waals surface area contributed by atoms with Crippen molar-refractivity contribution in [2.45, 2.75) is 0 Å². The molecule has 102 valence electrons. The molecule has 0 saturated carbocycles. The first-order valence-corrected chi connectivity index (χ1v) is 6.62. The number of halogens is 2. The molecule has 0 atom stereocenters. The van der Waals surface area contributed by atoms with Gasteiger partial charge < -0.3 is 5.11 Å². The zero-order valence-electron chi connectivity index (χ0n) is 9.98. The fourth-order valence-corrected chi connectivity index (χ4v) is 2.33. The van der Waals surface area contributed by atoms with Crippen LogP contribution in [0, 0.1) is 17.7 Å². The van der Waals surface area contributed by atoms with Gasteiger partial charge in [-0.25, -0.2) is 9.37 Å². The second-order valence-corrected chi connectivity index (χ2v) is 4.98. The van der Waals surface area contributed by atoms with Crippen LogP contribution >= 0.6 is 22.9 Å².